The normalized spacial score (nSPS) is 16.3. The highest BCUT2D eigenvalue weighted by molar-refractivity contribution is 7.09. The molecular formula is C17H23N3S. The quantitative estimate of drug-likeness (QED) is 0.919. The number of benzene rings is 1. The first-order valence-electron chi connectivity index (χ1n) is 7.75. The molecule has 1 fully saturated rings. The number of hydrogen-bond donors (Lipinski definition) is 1. The van der Waals surface area contributed by atoms with E-state index in [2.05, 4.69) is 57.8 Å². The summed E-state index contributed by atoms with van der Waals surface area (Å²) < 4.78 is 0. The van der Waals surface area contributed by atoms with Crippen LogP contribution in [0.5, 0.6) is 0 Å². The van der Waals surface area contributed by atoms with Crippen molar-refractivity contribution in [1.29, 1.82) is 0 Å². The van der Waals surface area contributed by atoms with Crippen molar-refractivity contribution in [2.75, 3.05) is 24.5 Å². The van der Waals surface area contributed by atoms with Crippen LogP contribution in [0.3, 0.4) is 0 Å². The minimum absolute atomic E-state index is 0.657. The number of nitrogens with one attached hydrogen (secondary N) is 1. The van der Waals surface area contributed by atoms with Crippen molar-refractivity contribution in [2.24, 2.45) is 0 Å². The maximum Gasteiger partial charge on any atom is 0.0897 e. The van der Waals surface area contributed by atoms with Gasteiger partial charge in [0.05, 0.1) is 10.7 Å². The largest absolute Gasteiger partial charge is 0.371 e. The van der Waals surface area contributed by atoms with Crippen LogP contribution in [0.15, 0.2) is 35.7 Å². The van der Waals surface area contributed by atoms with E-state index in [1.807, 2.05) is 0 Å². The van der Waals surface area contributed by atoms with Crippen LogP contribution in [0.25, 0.3) is 0 Å². The van der Waals surface area contributed by atoms with Gasteiger partial charge >= 0.3 is 0 Å². The summed E-state index contributed by atoms with van der Waals surface area (Å²) in [4.78, 5) is 7.00. The van der Waals surface area contributed by atoms with Gasteiger partial charge in [-0.15, -0.1) is 11.3 Å². The lowest BCUT2D eigenvalue weighted by atomic mass is 10.0. The van der Waals surface area contributed by atoms with E-state index in [-0.39, 0.29) is 0 Å². The highest BCUT2D eigenvalue weighted by Gasteiger charge is 2.18. The molecule has 1 N–H and O–H groups in total. The lowest BCUT2D eigenvalue weighted by molar-refractivity contribution is 0.417. The van der Waals surface area contributed by atoms with Gasteiger partial charge in [-0.05, 0) is 31.9 Å². The molecule has 0 amide bonds. The number of hydrogen-bond acceptors (Lipinski definition) is 4. The SMILES string of the molecule is Cc1nc(CCNC2CCN(c3ccccc3)CC2)cs1. The molecule has 112 valence electrons. The topological polar surface area (TPSA) is 28.2 Å². The first-order chi connectivity index (χ1) is 10.3. The van der Waals surface area contributed by atoms with Gasteiger partial charge in [-0.25, -0.2) is 4.98 Å². The third kappa shape index (κ3) is 4.05. The molecule has 0 spiro atoms. The molecule has 21 heavy (non-hydrogen) atoms. The van der Waals surface area contributed by atoms with Gasteiger partial charge in [0.15, 0.2) is 0 Å². The van der Waals surface area contributed by atoms with Crippen LogP contribution < -0.4 is 10.2 Å². The van der Waals surface area contributed by atoms with Gasteiger partial charge in [-0.3, -0.25) is 0 Å². The molecule has 0 bridgehead atoms. The van der Waals surface area contributed by atoms with Gasteiger partial charge < -0.3 is 10.2 Å². The van der Waals surface area contributed by atoms with E-state index in [9.17, 15) is 0 Å². The minimum Gasteiger partial charge on any atom is -0.371 e. The summed E-state index contributed by atoms with van der Waals surface area (Å²) in [6, 6.07) is 11.4. The number of nitrogens with zero attached hydrogens (tertiary/aromatic N) is 2. The van der Waals surface area contributed by atoms with Crippen LogP contribution in [0.1, 0.15) is 23.5 Å². The summed E-state index contributed by atoms with van der Waals surface area (Å²) in [7, 11) is 0. The fourth-order valence-corrected chi connectivity index (χ4v) is 3.56. The van der Waals surface area contributed by atoms with Gasteiger partial charge in [0, 0.05) is 43.2 Å². The monoisotopic (exact) mass is 301 g/mol. The van der Waals surface area contributed by atoms with Crippen LogP contribution >= 0.6 is 11.3 Å². The summed E-state index contributed by atoms with van der Waals surface area (Å²) in [6.45, 7) is 5.41. The molecule has 2 heterocycles. The Hall–Kier alpha value is -1.39. The van der Waals surface area contributed by atoms with Crippen molar-refractivity contribution in [3.8, 4) is 0 Å². The zero-order valence-electron chi connectivity index (χ0n) is 12.6. The van der Waals surface area contributed by atoms with Crippen LogP contribution in [0, 0.1) is 6.92 Å². The van der Waals surface area contributed by atoms with Crippen molar-refractivity contribution >= 4 is 17.0 Å². The second-order valence-corrected chi connectivity index (χ2v) is 6.72. The van der Waals surface area contributed by atoms with Gasteiger partial charge in [0.1, 0.15) is 0 Å². The fraction of sp³-hybridized carbons (Fsp3) is 0.471. The van der Waals surface area contributed by atoms with Crippen LogP contribution in [-0.4, -0.2) is 30.7 Å². The first-order valence-corrected chi connectivity index (χ1v) is 8.63. The summed E-state index contributed by atoms with van der Waals surface area (Å²) in [5.74, 6) is 0. The average molecular weight is 301 g/mol. The number of rotatable bonds is 5. The predicted molar refractivity (Wildman–Crippen MR) is 90.2 cm³/mol. The maximum absolute atomic E-state index is 4.52. The number of anilines is 1. The molecule has 1 aromatic heterocycles. The van der Waals surface area contributed by atoms with Crippen LogP contribution in [0.4, 0.5) is 5.69 Å². The number of thiazole rings is 1. The molecule has 1 aliphatic heterocycles. The van der Waals surface area contributed by atoms with Gasteiger partial charge in [0.2, 0.25) is 0 Å². The van der Waals surface area contributed by atoms with E-state index in [0.717, 1.165) is 26.1 Å². The van der Waals surface area contributed by atoms with Crippen molar-refractivity contribution in [1.82, 2.24) is 10.3 Å². The molecule has 3 rings (SSSR count). The summed E-state index contributed by atoms with van der Waals surface area (Å²) in [5, 5.41) is 7.03. The second-order valence-electron chi connectivity index (χ2n) is 5.66. The average Bonchev–Trinajstić information content (AvgIpc) is 2.94. The zero-order chi connectivity index (χ0) is 14.5. The Morgan fingerprint density at radius 1 is 1.24 bits per heavy atom. The third-order valence-corrected chi connectivity index (χ3v) is 4.92. The number of para-hydroxylation sites is 1. The van der Waals surface area contributed by atoms with Crippen molar-refractivity contribution in [3.63, 3.8) is 0 Å². The molecular weight excluding hydrogens is 278 g/mol. The molecule has 0 radical (unpaired) electrons. The van der Waals surface area contributed by atoms with E-state index in [1.165, 1.54) is 29.2 Å². The Labute approximate surface area is 131 Å². The summed E-state index contributed by atoms with van der Waals surface area (Å²) in [5.41, 5.74) is 2.58. The Kier molecular flexibility index (Phi) is 4.88. The molecule has 3 nitrogen and oxygen atoms in total. The lowest BCUT2D eigenvalue weighted by Crippen LogP contribution is -2.43. The maximum atomic E-state index is 4.52. The Bertz CT molecular complexity index is 544. The summed E-state index contributed by atoms with van der Waals surface area (Å²) >= 11 is 1.74. The van der Waals surface area contributed by atoms with E-state index < -0.39 is 0 Å². The summed E-state index contributed by atoms with van der Waals surface area (Å²) in [6.07, 6.45) is 3.50. The molecule has 0 unspecified atom stereocenters. The van der Waals surface area contributed by atoms with E-state index in [0.29, 0.717) is 6.04 Å². The highest BCUT2D eigenvalue weighted by Crippen LogP contribution is 2.19. The Morgan fingerprint density at radius 2 is 2.00 bits per heavy atom. The second kappa shape index (κ2) is 7.05. The molecule has 0 atom stereocenters. The van der Waals surface area contributed by atoms with Gasteiger partial charge in [-0.2, -0.15) is 0 Å². The van der Waals surface area contributed by atoms with Crippen LogP contribution in [0.2, 0.25) is 0 Å². The molecule has 0 saturated carbocycles. The molecule has 0 aliphatic carbocycles. The van der Waals surface area contributed by atoms with Gasteiger partial charge in [-0.1, -0.05) is 18.2 Å². The first kappa shape index (κ1) is 14.5. The Morgan fingerprint density at radius 3 is 2.67 bits per heavy atom. The fourth-order valence-electron chi connectivity index (χ4n) is 2.91. The third-order valence-electron chi connectivity index (χ3n) is 4.10. The van der Waals surface area contributed by atoms with E-state index in [1.54, 1.807) is 11.3 Å². The van der Waals surface area contributed by atoms with Crippen LogP contribution in [-0.2, 0) is 6.42 Å². The predicted octanol–water partition coefficient (Wildman–Crippen LogP) is 3.25. The standard InChI is InChI=1S/C17H23N3S/c1-14-19-16(13-21-14)7-10-18-15-8-11-20(12-9-15)17-5-3-2-4-6-17/h2-6,13,15,18H,7-12H2,1H3. The highest BCUT2D eigenvalue weighted by atomic mass is 32.1. The smallest absolute Gasteiger partial charge is 0.0897 e. The Balaban J connectivity index is 1.40. The molecule has 1 aromatic carbocycles. The van der Waals surface area contributed by atoms with E-state index in [4.69, 9.17) is 0 Å². The van der Waals surface area contributed by atoms with E-state index >= 15 is 0 Å². The number of aromatic nitrogens is 1. The van der Waals surface area contributed by atoms with Crippen molar-refractivity contribution in [2.45, 2.75) is 32.2 Å². The van der Waals surface area contributed by atoms with Gasteiger partial charge in [0.25, 0.3) is 0 Å². The molecule has 1 aliphatic rings. The number of aryl methyl sites for hydroxylation is 1. The zero-order valence-corrected chi connectivity index (χ0v) is 13.4. The lowest BCUT2D eigenvalue weighted by Gasteiger charge is -2.34. The number of piperidine rings is 1. The molecule has 1 saturated heterocycles. The molecule has 4 heteroatoms. The van der Waals surface area contributed by atoms with Crippen molar-refractivity contribution in [3.05, 3.63) is 46.4 Å². The minimum atomic E-state index is 0.657. The molecule has 2 aromatic rings. The van der Waals surface area contributed by atoms with Crippen molar-refractivity contribution < 1.29 is 0 Å².